The maximum absolute atomic E-state index is 11.4. The molecule has 0 saturated heterocycles. The Bertz CT molecular complexity index is 240. The van der Waals surface area contributed by atoms with Crippen molar-refractivity contribution >= 4 is 0 Å². The second-order valence-corrected chi connectivity index (χ2v) is 4.50. The molecule has 0 rings (SSSR count). The maximum atomic E-state index is 11.4. The maximum Gasteiger partial charge on any atom is 0.268 e. The Labute approximate surface area is 104 Å². The number of hydrogen-bond donors (Lipinski definition) is 1. The average Bonchev–Trinajstić information content (AvgIpc) is 2.32. The molecule has 0 heterocycles. The fourth-order valence-corrected chi connectivity index (χ4v) is 1.50. The summed E-state index contributed by atoms with van der Waals surface area (Å²) in [5, 5.41) is 12.3. The highest BCUT2D eigenvalue weighted by molar-refractivity contribution is 4.77. The SMILES string of the molecule is C#[N+]CC(CCCN)COC(C)(CC)N(C)[O-]. The van der Waals surface area contributed by atoms with Gasteiger partial charge in [-0.05, 0) is 39.8 Å². The van der Waals surface area contributed by atoms with Crippen LogP contribution in [0.15, 0.2) is 0 Å². The number of rotatable bonds is 9. The largest absolute Gasteiger partial charge is 0.783 e. The van der Waals surface area contributed by atoms with Crippen LogP contribution in [0.4, 0.5) is 0 Å². The molecule has 0 spiro atoms. The Morgan fingerprint density at radius 1 is 1.59 bits per heavy atom. The molecule has 0 aromatic heterocycles. The van der Waals surface area contributed by atoms with Crippen molar-refractivity contribution < 1.29 is 4.74 Å². The second kappa shape index (κ2) is 8.43. The van der Waals surface area contributed by atoms with Crippen LogP contribution in [0.5, 0.6) is 0 Å². The number of ether oxygens (including phenoxy) is 1. The molecule has 100 valence electrons. The van der Waals surface area contributed by atoms with Gasteiger partial charge in [-0.25, -0.2) is 0 Å². The van der Waals surface area contributed by atoms with Gasteiger partial charge >= 0.3 is 0 Å². The summed E-state index contributed by atoms with van der Waals surface area (Å²) in [5.41, 5.74) is 4.70. The van der Waals surface area contributed by atoms with E-state index in [9.17, 15) is 5.21 Å². The normalized spacial score (nSPS) is 16.5. The van der Waals surface area contributed by atoms with Crippen LogP contribution in [0.25, 0.3) is 4.85 Å². The molecule has 0 aromatic rings. The van der Waals surface area contributed by atoms with Crippen LogP contribution in [0.1, 0.15) is 33.1 Å². The van der Waals surface area contributed by atoms with Crippen molar-refractivity contribution in [1.29, 1.82) is 0 Å². The van der Waals surface area contributed by atoms with Gasteiger partial charge in [0.15, 0.2) is 0 Å². The molecule has 0 saturated carbocycles. The van der Waals surface area contributed by atoms with E-state index < -0.39 is 5.72 Å². The third kappa shape index (κ3) is 5.99. The third-order valence-electron chi connectivity index (χ3n) is 3.13. The van der Waals surface area contributed by atoms with Crippen molar-refractivity contribution in [3.63, 3.8) is 0 Å². The van der Waals surface area contributed by atoms with Crippen molar-refractivity contribution in [3.05, 3.63) is 10.1 Å². The minimum absolute atomic E-state index is 0.231. The van der Waals surface area contributed by atoms with E-state index in [2.05, 4.69) is 4.85 Å². The molecule has 0 amide bonds. The molecule has 2 N–H and O–H groups in total. The highest BCUT2D eigenvalue weighted by atomic mass is 16.6. The molecule has 0 bridgehead atoms. The summed E-state index contributed by atoms with van der Waals surface area (Å²) in [7, 11) is 1.48. The molecule has 0 aliphatic carbocycles. The molecule has 0 fully saturated rings. The lowest BCUT2D eigenvalue weighted by Crippen LogP contribution is -2.43. The van der Waals surface area contributed by atoms with Gasteiger partial charge in [-0.1, -0.05) is 11.8 Å². The molecule has 17 heavy (non-hydrogen) atoms. The molecular weight excluding hydrogens is 218 g/mol. The first-order valence-electron chi connectivity index (χ1n) is 6.11. The number of nitrogens with two attached hydrogens (primary N) is 1. The van der Waals surface area contributed by atoms with Crippen LogP contribution in [0, 0.1) is 17.7 Å². The first-order valence-corrected chi connectivity index (χ1v) is 6.11. The summed E-state index contributed by atoms with van der Waals surface area (Å²) >= 11 is 0. The van der Waals surface area contributed by atoms with E-state index in [-0.39, 0.29) is 5.92 Å². The van der Waals surface area contributed by atoms with E-state index in [1.807, 2.05) is 6.92 Å². The molecule has 0 aliphatic heterocycles. The molecule has 0 radical (unpaired) electrons. The zero-order chi connectivity index (χ0) is 13.3. The highest BCUT2D eigenvalue weighted by Gasteiger charge is 2.25. The van der Waals surface area contributed by atoms with Gasteiger partial charge in [0.05, 0.1) is 12.5 Å². The zero-order valence-electron chi connectivity index (χ0n) is 11.2. The number of hydroxylamine groups is 2. The topological polar surface area (TPSA) is 65.9 Å². The van der Waals surface area contributed by atoms with Gasteiger partial charge in [-0.3, -0.25) is 0 Å². The van der Waals surface area contributed by atoms with Crippen LogP contribution < -0.4 is 5.73 Å². The van der Waals surface area contributed by atoms with Gasteiger partial charge in [0.1, 0.15) is 5.72 Å². The zero-order valence-corrected chi connectivity index (χ0v) is 11.2. The summed E-state index contributed by atoms with van der Waals surface area (Å²) < 4.78 is 5.71. The number of nitrogens with zero attached hydrogens (tertiary/aromatic N) is 2. The Hall–Kier alpha value is -0.670. The Morgan fingerprint density at radius 3 is 2.65 bits per heavy atom. The lowest BCUT2D eigenvalue weighted by atomic mass is 10.0. The number of hydrogen-bond acceptors (Lipinski definition) is 4. The van der Waals surface area contributed by atoms with E-state index in [1.165, 1.54) is 7.05 Å². The summed E-state index contributed by atoms with van der Waals surface area (Å²) in [6.45, 7) is 10.6. The van der Waals surface area contributed by atoms with Crippen LogP contribution in [-0.4, -0.2) is 37.5 Å². The van der Waals surface area contributed by atoms with Crippen LogP contribution in [-0.2, 0) is 4.74 Å². The Morgan fingerprint density at radius 2 is 2.24 bits per heavy atom. The van der Waals surface area contributed by atoms with Crippen molar-refractivity contribution in [2.75, 3.05) is 26.7 Å². The van der Waals surface area contributed by atoms with Gasteiger partial charge in [0.25, 0.3) is 13.1 Å². The molecule has 0 aromatic carbocycles. The molecule has 2 unspecified atom stereocenters. The van der Waals surface area contributed by atoms with E-state index in [0.717, 1.165) is 17.9 Å². The second-order valence-electron chi connectivity index (χ2n) is 4.50. The van der Waals surface area contributed by atoms with Crippen molar-refractivity contribution in [2.24, 2.45) is 11.7 Å². The van der Waals surface area contributed by atoms with Gasteiger partial charge in [-0.2, -0.15) is 0 Å². The van der Waals surface area contributed by atoms with E-state index in [0.29, 0.717) is 26.1 Å². The monoisotopic (exact) mass is 243 g/mol. The predicted octanol–water partition coefficient (Wildman–Crippen LogP) is 1.88. The fraction of sp³-hybridized carbons (Fsp3) is 0.917. The van der Waals surface area contributed by atoms with Gasteiger partial charge in [0, 0.05) is 0 Å². The van der Waals surface area contributed by atoms with Crippen LogP contribution in [0.3, 0.4) is 0 Å². The highest BCUT2D eigenvalue weighted by Crippen LogP contribution is 2.20. The molecule has 5 nitrogen and oxygen atoms in total. The Kier molecular flexibility index (Phi) is 8.09. The summed E-state index contributed by atoms with van der Waals surface area (Å²) in [4.78, 5) is 3.65. The minimum atomic E-state index is -0.768. The lowest BCUT2D eigenvalue weighted by molar-refractivity contribution is -0.127. The van der Waals surface area contributed by atoms with Gasteiger partial charge in [-0.15, -0.1) is 0 Å². The lowest BCUT2D eigenvalue weighted by Gasteiger charge is -2.43. The molecular formula is C12H25N3O2. The molecule has 0 aliphatic rings. The van der Waals surface area contributed by atoms with Crippen LogP contribution >= 0.6 is 0 Å². The third-order valence-corrected chi connectivity index (χ3v) is 3.13. The molecule has 5 heteroatoms. The van der Waals surface area contributed by atoms with Crippen molar-refractivity contribution in [2.45, 2.75) is 38.8 Å². The quantitative estimate of drug-likeness (QED) is 0.496. The van der Waals surface area contributed by atoms with Gasteiger partial charge < -0.3 is 20.7 Å². The summed E-state index contributed by atoms with van der Waals surface area (Å²) in [6.07, 6.45) is 2.47. The van der Waals surface area contributed by atoms with E-state index in [4.69, 9.17) is 17.0 Å². The predicted molar refractivity (Wildman–Crippen MR) is 70.7 cm³/mol. The van der Waals surface area contributed by atoms with E-state index in [1.54, 1.807) is 6.92 Å². The smallest absolute Gasteiger partial charge is 0.268 e. The fourth-order valence-electron chi connectivity index (χ4n) is 1.50. The first-order chi connectivity index (χ1) is 8.00. The van der Waals surface area contributed by atoms with Crippen molar-refractivity contribution in [1.82, 2.24) is 5.06 Å². The van der Waals surface area contributed by atoms with Crippen molar-refractivity contribution in [3.8, 4) is 6.57 Å². The van der Waals surface area contributed by atoms with Gasteiger partial charge in [0.2, 0.25) is 0 Å². The summed E-state index contributed by atoms with van der Waals surface area (Å²) in [5.74, 6) is 0.231. The average molecular weight is 243 g/mol. The first kappa shape index (κ1) is 16.3. The Balaban J connectivity index is 4.22. The van der Waals surface area contributed by atoms with E-state index >= 15 is 0 Å². The standard InChI is InChI=1S/C12H25N3O2/c1-5-12(2,15(4)16)17-10-11(9-14-3)7-6-8-13/h3,11H,5-10,13H2,1-2,4H3. The minimum Gasteiger partial charge on any atom is -0.783 e. The summed E-state index contributed by atoms with van der Waals surface area (Å²) in [6, 6.07) is 0. The molecule has 2 atom stereocenters. The van der Waals surface area contributed by atoms with Crippen LogP contribution in [0.2, 0.25) is 0 Å².